The molecule has 6 nitrogen and oxygen atoms in total. The van der Waals surface area contributed by atoms with Crippen LogP contribution in [0.4, 0.5) is 5.69 Å². The number of nitrogens with zero attached hydrogens (tertiary/aromatic N) is 2. The number of aryl methyl sites for hydroxylation is 1. The summed E-state index contributed by atoms with van der Waals surface area (Å²) in [5.41, 5.74) is 3.80. The van der Waals surface area contributed by atoms with Crippen LogP contribution in [0.1, 0.15) is 37.0 Å². The number of amides is 1. The largest absolute Gasteiger partial charge is 0.312 e. The number of benzene rings is 2. The third-order valence-electron chi connectivity index (χ3n) is 5.31. The van der Waals surface area contributed by atoms with Crippen LogP contribution in [-0.2, 0) is 34.3 Å². The van der Waals surface area contributed by atoms with Crippen LogP contribution >= 0.6 is 0 Å². The van der Waals surface area contributed by atoms with E-state index in [0.29, 0.717) is 6.54 Å². The Morgan fingerprint density at radius 1 is 1.17 bits per heavy atom. The first kappa shape index (κ1) is 21.5. The molecule has 0 radical (unpaired) electrons. The number of anilines is 1. The SMILES string of the molecule is CCN(C)Cc1cccc(CNS(=O)(=O)c2ccc3c(c2)CCCN3C(C)=O)c1. The van der Waals surface area contributed by atoms with Crippen molar-refractivity contribution in [1.82, 2.24) is 9.62 Å². The van der Waals surface area contributed by atoms with Gasteiger partial charge in [0, 0.05) is 32.2 Å². The Labute approximate surface area is 173 Å². The van der Waals surface area contributed by atoms with Crippen LogP contribution in [0.25, 0.3) is 0 Å². The number of sulfonamides is 1. The van der Waals surface area contributed by atoms with Crippen molar-refractivity contribution in [2.45, 2.75) is 44.7 Å². The average molecular weight is 416 g/mol. The third kappa shape index (κ3) is 5.23. The molecule has 1 aliphatic heterocycles. The second kappa shape index (κ2) is 9.07. The van der Waals surface area contributed by atoms with Gasteiger partial charge in [-0.25, -0.2) is 13.1 Å². The highest BCUT2D eigenvalue weighted by atomic mass is 32.2. The Morgan fingerprint density at radius 2 is 1.93 bits per heavy atom. The lowest BCUT2D eigenvalue weighted by Crippen LogP contribution is -2.33. The molecule has 0 saturated carbocycles. The molecule has 0 aromatic heterocycles. The molecular weight excluding hydrogens is 386 g/mol. The summed E-state index contributed by atoms with van der Waals surface area (Å²) in [6.07, 6.45) is 1.61. The van der Waals surface area contributed by atoms with E-state index in [9.17, 15) is 13.2 Å². The lowest BCUT2D eigenvalue weighted by molar-refractivity contribution is -0.116. The Balaban J connectivity index is 1.74. The lowest BCUT2D eigenvalue weighted by Gasteiger charge is -2.28. The normalized spacial score (nSPS) is 14.1. The van der Waals surface area contributed by atoms with Gasteiger partial charge < -0.3 is 9.80 Å². The van der Waals surface area contributed by atoms with Crippen LogP contribution in [0.5, 0.6) is 0 Å². The zero-order chi connectivity index (χ0) is 21.0. The molecule has 1 heterocycles. The highest BCUT2D eigenvalue weighted by Gasteiger charge is 2.23. The van der Waals surface area contributed by atoms with Gasteiger partial charge in [-0.15, -0.1) is 0 Å². The molecule has 156 valence electrons. The molecular formula is C22H29N3O3S. The van der Waals surface area contributed by atoms with Gasteiger partial charge in [0.2, 0.25) is 15.9 Å². The van der Waals surface area contributed by atoms with Crippen molar-refractivity contribution >= 4 is 21.6 Å². The molecule has 1 N–H and O–H groups in total. The van der Waals surface area contributed by atoms with Crippen molar-refractivity contribution in [3.63, 3.8) is 0 Å². The third-order valence-corrected chi connectivity index (χ3v) is 6.71. The summed E-state index contributed by atoms with van der Waals surface area (Å²) in [5, 5.41) is 0. The molecule has 1 aliphatic rings. The maximum atomic E-state index is 12.8. The maximum absolute atomic E-state index is 12.8. The summed E-state index contributed by atoms with van der Waals surface area (Å²) in [6, 6.07) is 13.0. The van der Waals surface area contributed by atoms with E-state index in [1.165, 1.54) is 6.92 Å². The smallest absolute Gasteiger partial charge is 0.240 e. The van der Waals surface area contributed by atoms with Crippen molar-refractivity contribution in [2.24, 2.45) is 0 Å². The zero-order valence-electron chi connectivity index (χ0n) is 17.3. The Kier molecular flexibility index (Phi) is 6.72. The average Bonchev–Trinajstić information content (AvgIpc) is 2.71. The van der Waals surface area contributed by atoms with Crippen LogP contribution in [0.3, 0.4) is 0 Å². The summed E-state index contributed by atoms with van der Waals surface area (Å²) in [4.78, 5) is 16.0. The van der Waals surface area contributed by atoms with Crippen LogP contribution in [0.2, 0.25) is 0 Å². The number of hydrogen-bond donors (Lipinski definition) is 1. The molecule has 2 aromatic rings. The van der Waals surface area contributed by atoms with E-state index < -0.39 is 10.0 Å². The Morgan fingerprint density at radius 3 is 2.66 bits per heavy atom. The minimum atomic E-state index is -3.63. The summed E-state index contributed by atoms with van der Waals surface area (Å²) in [7, 11) is -1.58. The van der Waals surface area contributed by atoms with Gasteiger partial charge in [-0.3, -0.25) is 4.79 Å². The highest BCUT2D eigenvalue weighted by molar-refractivity contribution is 7.89. The summed E-state index contributed by atoms with van der Waals surface area (Å²) in [6.45, 7) is 6.34. The topological polar surface area (TPSA) is 69.7 Å². The maximum Gasteiger partial charge on any atom is 0.240 e. The number of carbonyl (C=O) groups is 1. The molecule has 0 atom stereocenters. The van der Waals surface area contributed by atoms with E-state index in [-0.39, 0.29) is 17.3 Å². The Bertz CT molecular complexity index is 989. The minimum absolute atomic E-state index is 0.0201. The first-order chi connectivity index (χ1) is 13.8. The number of fused-ring (bicyclic) bond motifs is 1. The number of nitrogens with one attached hydrogen (secondary N) is 1. The molecule has 3 rings (SSSR count). The van der Waals surface area contributed by atoms with Crippen molar-refractivity contribution < 1.29 is 13.2 Å². The fourth-order valence-corrected chi connectivity index (χ4v) is 4.66. The number of hydrogen-bond acceptors (Lipinski definition) is 4. The van der Waals surface area contributed by atoms with Crippen molar-refractivity contribution in [3.8, 4) is 0 Å². The van der Waals surface area contributed by atoms with Gasteiger partial charge in [-0.1, -0.05) is 31.2 Å². The van der Waals surface area contributed by atoms with E-state index in [0.717, 1.165) is 48.3 Å². The fourth-order valence-electron chi connectivity index (χ4n) is 3.59. The first-order valence-corrected chi connectivity index (χ1v) is 11.5. The van der Waals surface area contributed by atoms with Gasteiger partial charge in [0.15, 0.2) is 0 Å². The summed E-state index contributed by atoms with van der Waals surface area (Å²) < 4.78 is 28.3. The van der Waals surface area contributed by atoms with E-state index in [1.54, 1.807) is 23.1 Å². The van der Waals surface area contributed by atoms with Crippen LogP contribution in [0, 0.1) is 0 Å². The second-order valence-electron chi connectivity index (χ2n) is 7.54. The van der Waals surface area contributed by atoms with Gasteiger partial charge in [0.1, 0.15) is 0 Å². The van der Waals surface area contributed by atoms with Crippen molar-refractivity contribution in [3.05, 3.63) is 59.2 Å². The molecule has 29 heavy (non-hydrogen) atoms. The quantitative estimate of drug-likeness (QED) is 0.755. The van der Waals surface area contributed by atoms with E-state index >= 15 is 0 Å². The van der Waals surface area contributed by atoms with Gasteiger partial charge in [-0.2, -0.15) is 0 Å². The van der Waals surface area contributed by atoms with E-state index in [4.69, 9.17) is 0 Å². The van der Waals surface area contributed by atoms with Gasteiger partial charge >= 0.3 is 0 Å². The van der Waals surface area contributed by atoms with Crippen LogP contribution < -0.4 is 9.62 Å². The molecule has 0 unspecified atom stereocenters. The number of rotatable bonds is 7. The molecule has 0 bridgehead atoms. The second-order valence-corrected chi connectivity index (χ2v) is 9.31. The fraction of sp³-hybridized carbons (Fsp3) is 0.409. The zero-order valence-corrected chi connectivity index (χ0v) is 18.1. The van der Waals surface area contributed by atoms with E-state index in [2.05, 4.69) is 29.7 Å². The van der Waals surface area contributed by atoms with Crippen LogP contribution in [-0.4, -0.2) is 39.4 Å². The molecule has 2 aromatic carbocycles. The van der Waals surface area contributed by atoms with Gasteiger partial charge in [0.05, 0.1) is 4.90 Å². The minimum Gasteiger partial charge on any atom is -0.312 e. The predicted molar refractivity (Wildman–Crippen MR) is 115 cm³/mol. The Hall–Kier alpha value is -2.22. The molecule has 0 saturated heterocycles. The summed E-state index contributed by atoms with van der Waals surface area (Å²) >= 11 is 0. The molecule has 0 fully saturated rings. The van der Waals surface area contributed by atoms with Crippen molar-refractivity contribution in [1.29, 1.82) is 0 Å². The lowest BCUT2D eigenvalue weighted by atomic mass is 10.0. The van der Waals surface area contributed by atoms with E-state index in [1.807, 2.05) is 18.2 Å². The number of carbonyl (C=O) groups excluding carboxylic acids is 1. The summed E-state index contributed by atoms with van der Waals surface area (Å²) in [5.74, 6) is -0.0201. The van der Waals surface area contributed by atoms with Crippen LogP contribution in [0.15, 0.2) is 47.4 Å². The van der Waals surface area contributed by atoms with Gasteiger partial charge in [-0.05, 0) is 61.3 Å². The monoisotopic (exact) mass is 415 g/mol. The highest BCUT2D eigenvalue weighted by Crippen LogP contribution is 2.29. The molecule has 0 aliphatic carbocycles. The van der Waals surface area contributed by atoms with Gasteiger partial charge in [0.25, 0.3) is 0 Å². The molecule has 7 heteroatoms. The van der Waals surface area contributed by atoms with Crippen molar-refractivity contribution in [2.75, 3.05) is 25.0 Å². The predicted octanol–water partition coefficient (Wildman–Crippen LogP) is 2.92. The first-order valence-electron chi connectivity index (χ1n) is 9.97. The molecule has 0 spiro atoms. The standard InChI is InChI=1S/C22H29N3O3S/c1-4-24(3)16-19-8-5-7-18(13-19)15-23-29(27,28)21-10-11-22-20(14-21)9-6-12-25(22)17(2)26/h5,7-8,10-11,13-14,23H,4,6,9,12,15-16H2,1-3H3. The molecule has 1 amide bonds.